The maximum atomic E-state index is 12.0. The van der Waals surface area contributed by atoms with E-state index in [1.165, 1.54) is 7.11 Å². The van der Waals surface area contributed by atoms with E-state index in [9.17, 15) is 4.39 Å². The molecule has 2 N–H and O–H groups in total. The number of methoxy groups -OCH3 is 1. The van der Waals surface area contributed by atoms with Gasteiger partial charge in [0.15, 0.2) is 0 Å². The Morgan fingerprint density at radius 1 is 1.55 bits per heavy atom. The number of rotatable bonds is 2. The molecule has 60 valence electrons. The third kappa shape index (κ3) is 1.61. The number of alkyl halides is 1. The summed E-state index contributed by atoms with van der Waals surface area (Å²) in [5.41, 5.74) is 6.56. The van der Waals surface area contributed by atoms with E-state index in [4.69, 9.17) is 10.5 Å². The van der Waals surface area contributed by atoms with Gasteiger partial charge in [-0.05, 0) is 17.7 Å². The lowest BCUT2D eigenvalue weighted by molar-refractivity contribution is 0.416. The van der Waals surface area contributed by atoms with Gasteiger partial charge in [-0.15, -0.1) is 0 Å². The second-order valence-corrected chi connectivity index (χ2v) is 2.21. The minimum atomic E-state index is -0.492. The highest BCUT2D eigenvalue weighted by Gasteiger charge is 1.98. The summed E-state index contributed by atoms with van der Waals surface area (Å²) in [6, 6.07) is 4.87. The summed E-state index contributed by atoms with van der Waals surface area (Å²) >= 11 is 0. The van der Waals surface area contributed by atoms with Crippen LogP contribution in [0.3, 0.4) is 0 Å². The van der Waals surface area contributed by atoms with Gasteiger partial charge in [0.25, 0.3) is 0 Å². The van der Waals surface area contributed by atoms with Gasteiger partial charge in [-0.25, -0.2) is 4.39 Å². The molecular formula is C8H10FNO. The topological polar surface area (TPSA) is 35.2 Å². The van der Waals surface area contributed by atoms with Crippen LogP contribution in [0.1, 0.15) is 5.56 Å². The molecule has 0 heterocycles. The fraction of sp³-hybridized carbons (Fsp3) is 0.250. The van der Waals surface area contributed by atoms with Crippen LogP contribution in [0.5, 0.6) is 5.75 Å². The average molecular weight is 155 g/mol. The summed E-state index contributed by atoms with van der Waals surface area (Å²) < 4.78 is 16.9. The molecule has 0 radical (unpaired) electrons. The summed E-state index contributed by atoms with van der Waals surface area (Å²) in [5, 5.41) is 0. The van der Waals surface area contributed by atoms with Gasteiger partial charge in [-0.2, -0.15) is 0 Å². The maximum absolute atomic E-state index is 12.0. The number of benzene rings is 1. The second kappa shape index (κ2) is 3.23. The van der Waals surface area contributed by atoms with Crippen molar-refractivity contribution in [3.05, 3.63) is 23.8 Å². The third-order valence-corrected chi connectivity index (χ3v) is 1.45. The SMILES string of the molecule is COc1ccc(CF)cc1N. The van der Waals surface area contributed by atoms with Crippen molar-refractivity contribution < 1.29 is 9.13 Å². The van der Waals surface area contributed by atoms with Gasteiger partial charge < -0.3 is 10.5 Å². The van der Waals surface area contributed by atoms with Gasteiger partial charge in [0, 0.05) is 0 Å². The van der Waals surface area contributed by atoms with E-state index in [2.05, 4.69) is 0 Å². The van der Waals surface area contributed by atoms with E-state index < -0.39 is 6.67 Å². The van der Waals surface area contributed by atoms with Crippen molar-refractivity contribution in [2.45, 2.75) is 6.67 Å². The van der Waals surface area contributed by atoms with Gasteiger partial charge in [-0.3, -0.25) is 0 Å². The minimum Gasteiger partial charge on any atom is -0.495 e. The van der Waals surface area contributed by atoms with Crippen molar-refractivity contribution in [3.63, 3.8) is 0 Å². The Bertz CT molecular complexity index is 250. The van der Waals surface area contributed by atoms with Crippen molar-refractivity contribution >= 4 is 5.69 Å². The Labute approximate surface area is 64.8 Å². The lowest BCUT2D eigenvalue weighted by atomic mass is 10.2. The largest absolute Gasteiger partial charge is 0.495 e. The second-order valence-electron chi connectivity index (χ2n) is 2.21. The zero-order valence-corrected chi connectivity index (χ0v) is 6.30. The van der Waals surface area contributed by atoms with Crippen LogP contribution in [-0.2, 0) is 6.67 Å². The molecule has 0 saturated heterocycles. The lowest BCUT2D eigenvalue weighted by Gasteiger charge is -2.04. The maximum Gasteiger partial charge on any atom is 0.141 e. The van der Waals surface area contributed by atoms with E-state index in [0.29, 0.717) is 17.0 Å². The summed E-state index contributed by atoms with van der Waals surface area (Å²) in [4.78, 5) is 0. The standard InChI is InChI=1S/C8H10FNO/c1-11-8-3-2-6(5-9)4-7(8)10/h2-4H,5,10H2,1H3. The van der Waals surface area contributed by atoms with Crippen LogP contribution in [-0.4, -0.2) is 7.11 Å². The van der Waals surface area contributed by atoms with Crippen LogP contribution < -0.4 is 10.5 Å². The molecular weight excluding hydrogens is 145 g/mol. The number of nitrogen functional groups attached to an aromatic ring is 1. The quantitative estimate of drug-likeness (QED) is 0.660. The molecule has 0 bridgehead atoms. The number of ether oxygens (including phenoxy) is 1. The molecule has 1 aromatic rings. The molecule has 1 aromatic carbocycles. The molecule has 0 unspecified atom stereocenters. The predicted octanol–water partition coefficient (Wildman–Crippen LogP) is 1.75. The first kappa shape index (κ1) is 7.85. The summed E-state index contributed by atoms with van der Waals surface area (Å²) in [7, 11) is 1.53. The van der Waals surface area contributed by atoms with Gasteiger partial charge in [0.1, 0.15) is 12.4 Å². The molecule has 11 heavy (non-hydrogen) atoms. The first-order valence-corrected chi connectivity index (χ1v) is 3.26. The molecule has 0 saturated carbocycles. The van der Waals surface area contributed by atoms with Gasteiger partial charge in [-0.1, -0.05) is 6.07 Å². The molecule has 0 aromatic heterocycles. The first-order chi connectivity index (χ1) is 5.27. The lowest BCUT2D eigenvalue weighted by Crippen LogP contribution is -1.92. The highest BCUT2D eigenvalue weighted by atomic mass is 19.1. The van der Waals surface area contributed by atoms with Crippen LogP contribution in [0.2, 0.25) is 0 Å². The van der Waals surface area contributed by atoms with Crippen molar-refractivity contribution in [2.24, 2.45) is 0 Å². The van der Waals surface area contributed by atoms with Crippen molar-refractivity contribution in [3.8, 4) is 5.75 Å². The van der Waals surface area contributed by atoms with Gasteiger partial charge in [0.05, 0.1) is 12.8 Å². The minimum absolute atomic E-state index is 0.475. The molecule has 2 nitrogen and oxygen atoms in total. The predicted molar refractivity (Wildman–Crippen MR) is 42.2 cm³/mol. The van der Waals surface area contributed by atoms with Crippen LogP contribution >= 0.6 is 0 Å². The van der Waals surface area contributed by atoms with E-state index in [-0.39, 0.29) is 0 Å². The Kier molecular flexibility index (Phi) is 2.31. The number of hydrogen-bond acceptors (Lipinski definition) is 2. The fourth-order valence-corrected chi connectivity index (χ4v) is 0.867. The molecule has 0 aliphatic carbocycles. The molecule has 1 rings (SSSR count). The van der Waals surface area contributed by atoms with Crippen molar-refractivity contribution in [1.82, 2.24) is 0 Å². The monoisotopic (exact) mass is 155 g/mol. The Morgan fingerprint density at radius 2 is 2.27 bits per heavy atom. The van der Waals surface area contributed by atoms with Crippen LogP contribution in [0.25, 0.3) is 0 Å². The fourth-order valence-electron chi connectivity index (χ4n) is 0.867. The highest BCUT2D eigenvalue weighted by Crippen LogP contribution is 2.21. The molecule has 0 atom stereocenters. The zero-order chi connectivity index (χ0) is 8.27. The van der Waals surface area contributed by atoms with E-state index in [0.717, 1.165) is 0 Å². The highest BCUT2D eigenvalue weighted by molar-refractivity contribution is 5.54. The molecule has 0 spiro atoms. The van der Waals surface area contributed by atoms with E-state index in [1.807, 2.05) is 0 Å². The number of halogens is 1. The average Bonchev–Trinajstić information content (AvgIpc) is 2.04. The molecule has 3 heteroatoms. The first-order valence-electron chi connectivity index (χ1n) is 3.26. The van der Waals surface area contributed by atoms with E-state index in [1.54, 1.807) is 18.2 Å². The number of anilines is 1. The Balaban J connectivity index is 2.99. The van der Waals surface area contributed by atoms with Crippen molar-refractivity contribution in [1.29, 1.82) is 0 Å². The molecule has 0 aliphatic rings. The molecule has 0 aliphatic heterocycles. The molecule has 0 fully saturated rings. The van der Waals surface area contributed by atoms with Crippen LogP contribution in [0, 0.1) is 0 Å². The number of hydrogen-bond donors (Lipinski definition) is 1. The van der Waals surface area contributed by atoms with Gasteiger partial charge >= 0.3 is 0 Å². The Morgan fingerprint density at radius 3 is 2.73 bits per heavy atom. The molecule has 0 amide bonds. The summed E-state index contributed by atoms with van der Waals surface area (Å²) in [6.45, 7) is -0.492. The Hall–Kier alpha value is -1.25. The van der Waals surface area contributed by atoms with Crippen LogP contribution in [0.15, 0.2) is 18.2 Å². The van der Waals surface area contributed by atoms with Gasteiger partial charge in [0.2, 0.25) is 0 Å². The van der Waals surface area contributed by atoms with Crippen LogP contribution in [0.4, 0.5) is 10.1 Å². The normalized spacial score (nSPS) is 9.64. The summed E-state index contributed by atoms with van der Waals surface area (Å²) in [6.07, 6.45) is 0. The smallest absolute Gasteiger partial charge is 0.141 e. The van der Waals surface area contributed by atoms with Crippen molar-refractivity contribution in [2.75, 3.05) is 12.8 Å². The third-order valence-electron chi connectivity index (χ3n) is 1.45. The zero-order valence-electron chi connectivity index (χ0n) is 6.30. The number of nitrogens with two attached hydrogens (primary N) is 1. The summed E-state index contributed by atoms with van der Waals surface area (Å²) in [5.74, 6) is 0.585. The van der Waals surface area contributed by atoms with E-state index >= 15 is 0 Å².